The van der Waals surface area contributed by atoms with Gasteiger partial charge in [0.2, 0.25) is 0 Å². The lowest BCUT2D eigenvalue weighted by molar-refractivity contribution is 0.125. The first-order chi connectivity index (χ1) is 9.84. The topological polar surface area (TPSA) is 41.1 Å². The van der Waals surface area contributed by atoms with Crippen LogP contribution in [0.15, 0.2) is 24.3 Å². The van der Waals surface area contributed by atoms with E-state index < -0.39 is 5.82 Å². The van der Waals surface area contributed by atoms with Gasteiger partial charge in [0.1, 0.15) is 5.82 Å². The normalized spacial score (nSPS) is 33.0. The number of halogens is 1. The molecule has 2 aliphatic carbocycles. The Morgan fingerprint density at radius 2 is 2.00 bits per heavy atom. The van der Waals surface area contributed by atoms with E-state index in [1.807, 2.05) is 0 Å². The average Bonchev–Trinajstić information content (AvgIpc) is 2.74. The number of carbonyl (C=O) groups is 1. The Hall–Kier alpha value is -1.58. The molecule has 3 rings (SSSR count). The van der Waals surface area contributed by atoms with E-state index in [0.29, 0.717) is 5.92 Å². The van der Waals surface area contributed by atoms with Gasteiger partial charge >= 0.3 is 6.03 Å². The molecule has 2 N–H and O–H groups in total. The summed E-state index contributed by atoms with van der Waals surface area (Å²) in [6.45, 7) is 6.89. The lowest BCUT2D eigenvalue weighted by atomic mass is 9.69. The standard InChI is InChI=1S/C17H23FN2O/c1-16(2)11-8-9-17(16,3)14(10-11)20-15(21)19-13-7-5-4-6-12(13)18/h4-7,11,14H,8-10H2,1-3H3,(H2,19,20,21)/t11-,14?,17+/m0/s1. The molecule has 0 aromatic heterocycles. The molecule has 2 saturated carbocycles. The summed E-state index contributed by atoms with van der Waals surface area (Å²) in [7, 11) is 0. The highest BCUT2D eigenvalue weighted by Gasteiger charge is 2.61. The molecule has 1 aromatic carbocycles. The quantitative estimate of drug-likeness (QED) is 0.843. The summed E-state index contributed by atoms with van der Waals surface area (Å²) < 4.78 is 13.6. The van der Waals surface area contributed by atoms with Crippen LogP contribution in [0, 0.1) is 22.6 Å². The summed E-state index contributed by atoms with van der Waals surface area (Å²) in [5, 5.41) is 5.68. The summed E-state index contributed by atoms with van der Waals surface area (Å²) >= 11 is 0. The number of carbonyl (C=O) groups excluding carboxylic acids is 1. The van der Waals surface area contributed by atoms with Crippen molar-refractivity contribution in [1.29, 1.82) is 0 Å². The van der Waals surface area contributed by atoms with Gasteiger partial charge in [-0.05, 0) is 48.1 Å². The van der Waals surface area contributed by atoms with Crippen LogP contribution in [0.4, 0.5) is 14.9 Å². The summed E-state index contributed by atoms with van der Waals surface area (Å²) in [5.74, 6) is 0.258. The zero-order valence-electron chi connectivity index (χ0n) is 12.9. The van der Waals surface area contributed by atoms with E-state index in [1.165, 1.54) is 12.5 Å². The zero-order valence-corrected chi connectivity index (χ0v) is 12.9. The Labute approximate surface area is 125 Å². The number of hydrogen-bond acceptors (Lipinski definition) is 1. The number of amides is 2. The predicted molar refractivity (Wildman–Crippen MR) is 81.6 cm³/mol. The zero-order chi connectivity index (χ0) is 15.3. The Morgan fingerprint density at radius 3 is 2.57 bits per heavy atom. The van der Waals surface area contributed by atoms with E-state index >= 15 is 0 Å². The van der Waals surface area contributed by atoms with Gasteiger partial charge in [0.05, 0.1) is 5.69 Å². The first-order valence-corrected chi connectivity index (χ1v) is 7.66. The molecule has 2 aliphatic rings. The molecule has 1 unspecified atom stereocenters. The highest BCUT2D eigenvalue weighted by atomic mass is 19.1. The first kappa shape index (κ1) is 14.4. The monoisotopic (exact) mass is 290 g/mol. The van der Waals surface area contributed by atoms with Crippen LogP contribution in [0.5, 0.6) is 0 Å². The third-order valence-corrected chi connectivity index (χ3v) is 6.22. The SMILES string of the molecule is CC1(C)[C@H]2CC[C@]1(C)C(NC(=O)Nc1ccccc1F)C2. The van der Waals surface area contributed by atoms with Gasteiger partial charge in [-0.1, -0.05) is 32.9 Å². The second kappa shape index (κ2) is 4.72. The molecule has 0 heterocycles. The van der Waals surface area contributed by atoms with Crippen molar-refractivity contribution in [2.24, 2.45) is 16.7 Å². The summed E-state index contributed by atoms with van der Waals surface area (Å²) in [6, 6.07) is 6.09. The van der Waals surface area contributed by atoms with Crippen molar-refractivity contribution in [2.75, 3.05) is 5.32 Å². The van der Waals surface area contributed by atoms with Crippen molar-refractivity contribution >= 4 is 11.7 Å². The van der Waals surface area contributed by atoms with E-state index in [0.717, 1.165) is 12.8 Å². The maximum absolute atomic E-state index is 13.6. The Morgan fingerprint density at radius 1 is 1.29 bits per heavy atom. The Kier molecular flexibility index (Phi) is 3.23. The summed E-state index contributed by atoms with van der Waals surface area (Å²) in [5.41, 5.74) is 0.607. The maximum atomic E-state index is 13.6. The van der Waals surface area contributed by atoms with Crippen LogP contribution in [0.2, 0.25) is 0 Å². The molecule has 0 spiro atoms. The minimum absolute atomic E-state index is 0.129. The van der Waals surface area contributed by atoms with Gasteiger partial charge in [-0.2, -0.15) is 0 Å². The van der Waals surface area contributed by atoms with Crippen molar-refractivity contribution in [3.8, 4) is 0 Å². The lowest BCUT2D eigenvalue weighted by Crippen LogP contribution is -2.48. The number of para-hydroxylation sites is 1. The fourth-order valence-corrected chi connectivity index (χ4v) is 4.30. The number of urea groups is 1. The highest BCUT2D eigenvalue weighted by molar-refractivity contribution is 5.89. The third kappa shape index (κ3) is 2.12. The van der Waals surface area contributed by atoms with Crippen molar-refractivity contribution in [2.45, 2.75) is 46.1 Å². The second-order valence-electron chi connectivity index (χ2n) is 7.24. The molecule has 0 aliphatic heterocycles. The van der Waals surface area contributed by atoms with E-state index in [2.05, 4.69) is 31.4 Å². The molecule has 2 amide bonds. The molecule has 3 nitrogen and oxygen atoms in total. The van der Waals surface area contributed by atoms with Crippen molar-refractivity contribution in [3.05, 3.63) is 30.1 Å². The van der Waals surface area contributed by atoms with E-state index in [1.54, 1.807) is 18.2 Å². The predicted octanol–water partition coefficient (Wildman–Crippen LogP) is 4.16. The number of rotatable bonds is 2. The van der Waals surface area contributed by atoms with Crippen LogP contribution in [-0.2, 0) is 0 Å². The number of benzene rings is 1. The van der Waals surface area contributed by atoms with Gasteiger partial charge in [-0.25, -0.2) is 9.18 Å². The van der Waals surface area contributed by atoms with Crippen molar-refractivity contribution < 1.29 is 9.18 Å². The van der Waals surface area contributed by atoms with Crippen LogP contribution in [0.3, 0.4) is 0 Å². The molecule has 2 bridgehead atoms. The van der Waals surface area contributed by atoms with Crippen LogP contribution < -0.4 is 10.6 Å². The van der Waals surface area contributed by atoms with Crippen LogP contribution in [0.25, 0.3) is 0 Å². The van der Waals surface area contributed by atoms with E-state index in [-0.39, 0.29) is 28.6 Å². The lowest BCUT2D eigenvalue weighted by Gasteiger charge is -2.39. The molecule has 114 valence electrons. The number of hydrogen-bond donors (Lipinski definition) is 2. The molecule has 1 aromatic rings. The first-order valence-electron chi connectivity index (χ1n) is 7.66. The minimum atomic E-state index is -0.410. The molecule has 21 heavy (non-hydrogen) atoms. The fourth-order valence-electron chi connectivity index (χ4n) is 4.30. The Bertz CT molecular complexity index is 572. The van der Waals surface area contributed by atoms with E-state index in [9.17, 15) is 9.18 Å². The number of nitrogens with one attached hydrogen (secondary N) is 2. The van der Waals surface area contributed by atoms with Crippen molar-refractivity contribution in [1.82, 2.24) is 5.32 Å². The summed E-state index contributed by atoms with van der Waals surface area (Å²) in [6.07, 6.45) is 3.42. The van der Waals surface area contributed by atoms with Gasteiger partial charge in [0, 0.05) is 6.04 Å². The minimum Gasteiger partial charge on any atom is -0.335 e. The molecule has 3 atom stereocenters. The molecule has 4 heteroatoms. The van der Waals surface area contributed by atoms with Gasteiger partial charge < -0.3 is 10.6 Å². The number of anilines is 1. The van der Waals surface area contributed by atoms with E-state index in [4.69, 9.17) is 0 Å². The van der Waals surface area contributed by atoms with Gasteiger partial charge in [-0.15, -0.1) is 0 Å². The van der Waals surface area contributed by atoms with Gasteiger partial charge in [0.15, 0.2) is 0 Å². The number of fused-ring (bicyclic) bond motifs is 2. The molecule has 2 fully saturated rings. The molecular weight excluding hydrogens is 267 g/mol. The Balaban J connectivity index is 1.68. The average molecular weight is 290 g/mol. The van der Waals surface area contributed by atoms with Gasteiger partial charge in [0.25, 0.3) is 0 Å². The second-order valence-corrected chi connectivity index (χ2v) is 7.24. The molecule has 0 radical (unpaired) electrons. The smallest absolute Gasteiger partial charge is 0.319 e. The van der Waals surface area contributed by atoms with Crippen molar-refractivity contribution in [3.63, 3.8) is 0 Å². The van der Waals surface area contributed by atoms with Crippen LogP contribution in [0.1, 0.15) is 40.0 Å². The fraction of sp³-hybridized carbons (Fsp3) is 0.588. The van der Waals surface area contributed by atoms with Crippen LogP contribution >= 0.6 is 0 Å². The highest BCUT2D eigenvalue weighted by Crippen LogP contribution is 2.65. The molecule has 0 saturated heterocycles. The van der Waals surface area contributed by atoms with Gasteiger partial charge in [-0.3, -0.25) is 0 Å². The maximum Gasteiger partial charge on any atom is 0.319 e. The summed E-state index contributed by atoms with van der Waals surface area (Å²) in [4.78, 5) is 12.2. The largest absolute Gasteiger partial charge is 0.335 e. The molecular formula is C17H23FN2O. The third-order valence-electron chi connectivity index (χ3n) is 6.22. The van der Waals surface area contributed by atoms with Crippen LogP contribution in [-0.4, -0.2) is 12.1 Å².